The number of carbonyl (C=O) groups excluding carboxylic acids is 1. The molecule has 0 bridgehead atoms. The third-order valence-corrected chi connectivity index (χ3v) is 6.40. The normalized spacial score (nSPS) is 11.4. The molecule has 0 unspecified atom stereocenters. The van der Waals surface area contributed by atoms with Crippen molar-refractivity contribution < 1.29 is 17.6 Å². The van der Waals surface area contributed by atoms with Crippen molar-refractivity contribution in [2.75, 3.05) is 11.1 Å². The number of benzene rings is 2. The number of sulfone groups is 1. The molecule has 0 fully saturated rings. The zero-order valence-electron chi connectivity index (χ0n) is 13.4. The Morgan fingerprint density at radius 2 is 1.85 bits per heavy atom. The Bertz CT molecular complexity index is 1100. The maximum Gasteiger partial charge on any atom is 0.241 e. The highest BCUT2D eigenvalue weighted by atomic mass is 35.5. The molecule has 0 radical (unpaired) electrons. The number of anilines is 1. The van der Waals surface area contributed by atoms with E-state index in [1.54, 1.807) is 23.6 Å². The zero-order chi connectivity index (χ0) is 19.6. The molecule has 140 valence electrons. The van der Waals surface area contributed by atoms with Gasteiger partial charge in [-0.3, -0.25) is 4.79 Å². The molecular formula is C17H11Cl2FN2O3S2. The largest absolute Gasteiger partial charge is 0.301 e. The van der Waals surface area contributed by atoms with Crippen LogP contribution in [-0.4, -0.2) is 25.1 Å². The summed E-state index contributed by atoms with van der Waals surface area (Å²) in [5, 5.41) is 5.26. The Kier molecular flexibility index (Phi) is 5.81. The van der Waals surface area contributed by atoms with Crippen LogP contribution < -0.4 is 5.32 Å². The van der Waals surface area contributed by atoms with Gasteiger partial charge in [0.2, 0.25) is 5.91 Å². The molecule has 10 heteroatoms. The molecule has 3 aromatic rings. The minimum Gasteiger partial charge on any atom is -0.301 e. The summed E-state index contributed by atoms with van der Waals surface area (Å²) >= 11 is 13.2. The molecule has 0 aliphatic heterocycles. The monoisotopic (exact) mass is 444 g/mol. The van der Waals surface area contributed by atoms with Gasteiger partial charge < -0.3 is 5.32 Å². The number of nitrogens with zero attached hydrogens (tertiary/aromatic N) is 1. The molecule has 5 nitrogen and oxygen atoms in total. The second kappa shape index (κ2) is 7.93. The Hall–Kier alpha value is -2.00. The Morgan fingerprint density at radius 3 is 2.56 bits per heavy atom. The third kappa shape index (κ3) is 4.84. The number of aromatic nitrogens is 1. The minimum absolute atomic E-state index is 0.135. The SMILES string of the molecule is O=C(CS(=O)(=O)c1ccc(F)cc1)Nc1nc(-c2cc(Cl)ccc2Cl)cs1. The summed E-state index contributed by atoms with van der Waals surface area (Å²) < 4.78 is 37.4. The molecule has 1 aromatic heterocycles. The van der Waals surface area contributed by atoms with Gasteiger partial charge in [-0.25, -0.2) is 17.8 Å². The molecule has 0 aliphatic rings. The van der Waals surface area contributed by atoms with E-state index in [9.17, 15) is 17.6 Å². The first-order valence-electron chi connectivity index (χ1n) is 7.44. The number of carbonyl (C=O) groups is 1. The molecule has 0 saturated heterocycles. The maximum absolute atomic E-state index is 12.9. The second-order valence-corrected chi connectivity index (χ2v) is 9.11. The van der Waals surface area contributed by atoms with Crippen molar-refractivity contribution in [2.24, 2.45) is 0 Å². The lowest BCUT2D eigenvalue weighted by molar-refractivity contribution is -0.113. The number of nitrogens with one attached hydrogen (secondary N) is 1. The van der Waals surface area contributed by atoms with Gasteiger partial charge in [0.15, 0.2) is 15.0 Å². The van der Waals surface area contributed by atoms with Crippen molar-refractivity contribution in [1.29, 1.82) is 0 Å². The van der Waals surface area contributed by atoms with E-state index in [1.165, 1.54) is 0 Å². The fourth-order valence-corrected chi connectivity index (χ4v) is 4.45. The van der Waals surface area contributed by atoms with E-state index >= 15 is 0 Å². The van der Waals surface area contributed by atoms with Gasteiger partial charge in [0.1, 0.15) is 11.6 Å². The van der Waals surface area contributed by atoms with Crippen molar-refractivity contribution in [2.45, 2.75) is 4.90 Å². The van der Waals surface area contributed by atoms with Crippen LogP contribution in [-0.2, 0) is 14.6 Å². The molecular weight excluding hydrogens is 434 g/mol. The summed E-state index contributed by atoms with van der Waals surface area (Å²) in [6.07, 6.45) is 0. The topological polar surface area (TPSA) is 76.1 Å². The Morgan fingerprint density at radius 1 is 1.15 bits per heavy atom. The predicted octanol–water partition coefficient (Wildman–Crippen LogP) is 4.67. The maximum atomic E-state index is 12.9. The van der Waals surface area contributed by atoms with E-state index in [2.05, 4.69) is 10.3 Å². The lowest BCUT2D eigenvalue weighted by atomic mass is 10.2. The summed E-state index contributed by atoms with van der Waals surface area (Å²) in [6.45, 7) is 0. The minimum atomic E-state index is -3.89. The third-order valence-electron chi connectivity index (χ3n) is 3.45. The van der Waals surface area contributed by atoms with E-state index in [1.807, 2.05) is 0 Å². The smallest absolute Gasteiger partial charge is 0.241 e. The summed E-state index contributed by atoms with van der Waals surface area (Å²) in [5.41, 5.74) is 1.10. The average molecular weight is 445 g/mol. The van der Waals surface area contributed by atoms with Gasteiger partial charge >= 0.3 is 0 Å². The quantitative estimate of drug-likeness (QED) is 0.580. The highest BCUT2D eigenvalue weighted by Crippen LogP contribution is 2.32. The van der Waals surface area contributed by atoms with E-state index in [0.717, 1.165) is 35.6 Å². The van der Waals surface area contributed by atoms with E-state index in [4.69, 9.17) is 23.2 Å². The van der Waals surface area contributed by atoms with Crippen LogP contribution in [0.15, 0.2) is 52.7 Å². The first kappa shape index (κ1) is 19.8. The van der Waals surface area contributed by atoms with Crippen LogP contribution in [0.25, 0.3) is 11.3 Å². The van der Waals surface area contributed by atoms with Gasteiger partial charge in [-0.2, -0.15) is 0 Å². The van der Waals surface area contributed by atoms with Gasteiger partial charge in [0.25, 0.3) is 0 Å². The van der Waals surface area contributed by atoms with E-state index in [0.29, 0.717) is 21.3 Å². The van der Waals surface area contributed by atoms with Crippen LogP contribution in [0.3, 0.4) is 0 Å². The molecule has 0 spiro atoms. The predicted molar refractivity (Wildman–Crippen MR) is 105 cm³/mol. The zero-order valence-corrected chi connectivity index (χ0v) is 16.6. The van der Waals surface area contributed by atoms with Crippen molar-refractivity contribution in [3.05, 3.63) is 63.7 Å². The van der Waals surface area contributed by atoms with E-state index in [-0.39, 0.29) is 10.0 Å². The summed E-state index contributed by atoms with van der Waals surface area (Å²) in [7, 11) is -3.89. The molecule has 0 saturated carbocycles. The molecule has 27 heavy (non-hydrogen) atoms. The molecule has 1 heterocycles. The molecule has 0 aliphatic carbocycles. The molecule has 0 atom stereocenters. The second-order valence-electron chi connectivity index (χ2n) is 5.42. The summed E-state index contributed by atoms with van der Waals surface area (Å²) in [5.74, 6) is -2.10. The standard InChI is InChI=1S/C17H11Cl2FN2O3S2/c18-10-1-6-14(19)13(7-10)15-8-26-17(21-15)22-16(23)9-27(24,25)12-4-2-11(20)3-5-12/h1-8H,9H2,(H,21,22,23). The highest BCUT2D eigenvalue weighted by molar-refractivity contribution is 7.92. The van der Waals surface area contributed by atoms with Crippen LogP contribution in [0.2, 0.25) is 10.0 Å². The van der Waals surface area contributed by atoms with Crippen LogP contribution >= 0.6 is 34.5 Å². The van der Waals surface area contributed by atoms with Crippen LogP contribution in [0.5, 0.6) is 0 Å². The van der Waals surface area contributed by atoms with Gasteiger partial charge in [-0.1, -0.05) is 23.2 Å². The van der Waals surface area contributed by atoms with Gasteiger partial charge in [0, 0.05) is 16.0 Å². The number of halogens is 3. The highest BCUT2D eigenvalue weighted by Gasteiger charge is 2.20. The lowest BCUT2D eigenvalue weighted by Gasteiger charge is -2.04. The van der Waals surface area contributed by atoms with Gasteiger partial charge in [-0.05, 0) is 42.5 Å². The Balaban J connectivity index is 1.73. The van der Waals surface area contributed by atoms with Gasteiger partial charge in [0.05, 0.1) is 15.6 Å². The van der Waals surface area contributed by atoms with Crippen LogP contribution in [0.4, 0.5) is 9.52 Å². The fraction of sp³-hybridized carbons (Fsp3) is 0.0588. The average Bonchev–Trinajstić information content (AvgIpc) is 3.05. The number of thiazole rings is 1. The van der Waals surface area contributed by atoms with E-state index < -0.39 is 27.3 Å². The molecule has 1 N–H and O–H groups in total. The first-order chi connectivity index (χ1) is 12.7. The van der Waals surface area contributed by atoms with Crippen molar-refractivity contribution in [3.63, 3.8) is 0 Å². The number of hydrogen-bond donors (Lipinski definition) is 1. The number of hydrogen-bond acceptors (Lipinski definition) is 5. The fourth-order valence-electron chi connectivity index (χ4n) is 2.20. The number of rotatable bonds is 5. The lowest BCUT2D eigenvalue weighted by Crippen LogP contribution is -2.23. The summed E-state index contributed by atoms with van der Waals surface area (Å²) in [6, 6.07) is 9.18. The number of amides is 1. The van der Waals surface area contributed by atoms with Crippen LogP contribution in [0.1, 0.15) is 0 Å². The Labute approximate surface area is 168 Å². The summed E-state index contributed by atoms with van der Waals surface area (Å²) in [4.78, 5) is 16.2. The first-order valence-corrected chi connectivity index (χ1v) is 10.7. The van der Waals surface area contributed by atoms with Crippen molar-refractivity contribution >= 4 is 55.4 Å². The molecule has 1 amide bonds. The molecule has 3 rings (SSSR count). The van der Waals surface area contributed by atoms with Crippen molar-refractivity contribution in [1.82, 2.24) is 4.98 Å². The van der Waals surface area contributed by atoms with Crippen molar-refractivity contribution in [3.8, 4) is 11.3 Å². The van der Waals surface area contributed by atoms with Gasteiger partial charge in [-0.15, -0.1) is 11.3 Å². The van der Waals surface area contributed by atoms with Crippen LogP contribution in [0, 0.1) is 5.82 Å². The molecule has 2 aromatic carbocycles.